The highest BCUT2D eigenvalue weighted by Gasteiger charge is 2.18. The van der Waals surface area contributed by atoms with Gasteiger partial charge in [-0.1, -0.05) is 30.3 Å². The SMILES string of the molecule is CNC(=O)c1cc(C(=O)O)cc([C@H](O)c2ccccc2)n1. The van der Waals surface area contributed by atoms with Crippen molar-refractivity contribution in [3.8, 4) is 0 Å². The largest absolute Gasteiger partial charge is 0.478 e. The fourth-order valence-electron chi connectivity index (χ4n) is 1.87. The van der Waals surface area contributed by atoms with Crippen LogP contribution in [0.5, 0.6) is 0 Å². The summed E-state index contributed by atoms with van der Waals surface area (Å²) in [6.07, 6.45) is -1.10. The van der Waals surface area contributed by atoms with E-state index in [1.807, 2.05) is 0 Å². The van der Waals surface area contributed by atoms with Gasteiger partial charge in [0.1, 0.15) is 11.8 Å². The highest BCUT2D eigenvalue weighted by Crippen LogP contribution is 2.21. The smallest absolute Gasteiger partial charge is 0.335 e. The summed E-state index contributed by atoms with van der Waals surface area (Å²) in [7, 11) is 1.42. The van der Waals surface area contributed by atoms with Crippen LogP contribution in [0.2, 0.25) is 0 Å². The van der Waals surface area contributed by atoms with Gasteiger partial charge in [-0.05, 0) is 17.7 Å². The molecule has 2 rings (SSSR count). The molecule has 2 aromatic rings. The van der Waals surface area contributed by atoms with Gasteiger partial charge in [0.2, 0.25) is 0 Å². The van der Waals surface area contributed by atoms with E-state index in [1.165, 1.54) is 19.2 Å². The molecule has 3 N–H and O–H groups in total. The van der Waals surface area contributed by atoms with Gasteiger partial charge in [-0.3, -0.25) is 4.79 Å². The van der Waals surface area contributed by atoms with Gasteiger partial charge >= 0.3 is 5.97 Å². The number of carboxylic acids is 1. The average molecular weight is 286 g/mol. The van der Waals surface area contributed by atoms with E-state index in [2.05, 4.69) is 10.3 Å². The molecule has 1 aromatic carbocycles. The summed E-state index contributed by atoms with van der Waals surface area (Å²) < 4.78 is 0. The topological polar surface area (TPSA) is 99.5 Å². The third-order valence-corrected chi connectivity index (χ3v) is 2.95. The number of aromatic carboxylic acids is 1. The second kappa shape index (κ2) is 6.15. The van der Waals surface area contributed by atoms with Gasteiger partial charge < -0.3 is 15.5 Å². The van der Waals surface area contributed by atoms with Gasteiger partial charge in [-0.15, -0.1) is 0 Å². The Labute approximate surface area is 121 Å². The Kier molecular flexibility index (Phi) is 4.30. The summed E-state index contributed by atoms with van der Waals surface area (Å²) in [4.78, 5) is 26.8. The van der Waals surface area contributed by atoms with Gasteiger partial charge in [0.05, 0.1) is 11.3 Å². The number of pyridine rings is 1. The van der Waals surface area contributed by atoms with Crippen LogP contribution in [0.25, 0.3) is 0 Å². The number of nitrogens with zero attached hydrogens (tertiary/aromatic N) is 1. The zero-order valence-corrected chi connectivity index (χ0v) is 11.3. The first-order valence-electron chi connectivity index (χ1n) is 6.23. The predicted octanol–water partition coefficient (Wildman–Crippen LogP) is 1.22. The van der Waals surface area contributed by atoms with E-state index >= 15 is 0 Å². The number of rotatable bonds is 4. The lowest BCUT2D eigenvalue weighted by atomic mass is 10.0. The van der Waals surface area contributed by atoms with E-state index in [1.54, 1.807) is 30.3 Å². The minimum absolute atomic E-state index is 0.0534. The Morgan fingerprint density at radius 2 is 1.86 bits per heavy atom. The number of carbonyl (C=O) groups is 2. The molecular formula is C15H14N2O4. The number of aliphatic hydroxyl groups is 1. The first kappa shape index (κ1) is 14.7. The molecule has 0 spiro atoms. The summed E-state index contributed by atoms with van der Waals surface area (Å²) in [5.74, 6) is -1.70. The van der Waals surface area contributed by atoms with Crippen molar-refractivity contribution in [2.24, 2.45) is 0 Å². The maximum atomic E-state index is 11.7. The Hall–Kier alpha value is -2.73. The Balaban J connectivity index is 2.50. The summed E-state index contributed by atoms with van der Waals surface area (Å²) in [5.41, 5.74) is 0.519. The third-order valence-electron chi connectivity index (χ3n) is 2.95. The van der Waals surface area contributed by atoms with Crippen LogP contribution in [0.3, 0.4) is 0 Å². The summed E-state index contributed by atoms with van der Waals surface area (Å²) in [5, 5.41) is 21.8. The zero-order chi connectivity index (χ0) is 15.4. The van der Waals surface area contributed by atoms with Crippen LogP contribution in [-0.2, 0) is 0 Å². The summed E-state index contributed by atoms with van der Waals surface area (Å²) >= 11 is 0. The standard InChI is InChI=1S/C15H14N2O4/c1-16-14(19)12-8-10(15(20)21)7-11(17-12)13(18)9-5-3-2-4-6-9/h2-8,13,18H,1H3,(H,16,19)(H,20,21)/t13-/m1/s1. The molecule has 0 aliphatic rings. The molecule has 0 saturated carbocycles. The van der Waals surface area contributed by atoms with Crippen molar-refractivity contribution < 1.29 is 19.8 Å². The molecule has 1 amide bonds. The van der Waals surface area contributed by atoms with Crippen molar-refractivity contribution in [3.63, 3.8) is 0 Å². The first-order valence-corrected chi connectivity index (χ1v) is 6.23. The van der Waals surface area contributed by atoms with Crippen LogP contribution < -0.4 is 5.32 Å². The molecule has 6 nitrogen and oxygen atoms in total. The molecular weight excluding hydrogens is 272 g/mol. The molecule has 0 fully saturated rings. The Bertz CT molecular complexity index is 671. The number of carbonyl (C=O) groups excluding carboxylic acids is 1. The second-order valence-corrected chi connectivity index (χ2v) is 4.36. The first-order chi connectivity index (χ1) is 10.0. The lowest BCUT2D eigenvalue weighted by Crippen LogP contribution is -2.21. The number of benzene rings is 1. The number of amides is 1. The van der Waals surface area contributed by atoms with Gasteiger partial charge in [-0.2, -0.15) is 0 Å². The van der Waals surface area contributed by atoms with Gasteiger partial charge in [0.15, 0.2) is 0 Å². The quantitative estimate of drug-likeness (QED) is 0.784. The number of hydrogen-bond acceptors (Lipinski definition) is 4. The average Bonchev–Trinajstić information content (AvgIpc) is 2.53. The normalized spacial score (nSPS) is 11.7. The minimum atomic E-state index is -1.19. The van der Waals surface area contributed by atoms with E-state index in [9.17, 15) is 14.7 Å². The van der Waals surface area contributed by atoms with Gasteiger partial charge in [-0.25, -0.2) is 9.78 Å². The van der Waals surface area contributed by atoms with E-state index < -0.39 is 18.0 Å². The molecule has 0 aliphatic carbocycles. The Morgan fingerprint density at radius 3 is 2.43 bits per heavy atom. The molecule has 108 valence electrons. The van der Waals surface area contributed by atoms with Crippen molar-refractivity contribution in [1.82, 2.24) is 10.3 Å². The van der Waals surface area contributed by atoms with E-state index in [4.69, 9.17) is 5.11 Å². The Morgan fingerprint density at radius 1 is 1.19 bits per heavy atom. The molecule has 0 radical (unpaired) electrons. The van der Waals surface area contributed by atoms with Crippen LogP contribution in [0, 0.1) is 0 Å². The van der Waals surface area contributed by atoms with Crippen LogP contribution in [0.4, 0.5) is 0 Å². The number of hydrogen-bond donors (Lipinski definition) is 3. The second-order valence-electron chi connectivity index (χ2n) is 4.36. The van der Waals surface area contributed by atoms with Crippen molar-refractivity contribution in [2.75, 3.05) is 7.05 Å². The molecule has 0 bridgehead atoms. The fraction of sp³-hybridized carbons (Fsp3) is 0.133. The molecule has 0 saturated heterocycles. The highest BCUT2D eigenvalue weighted by atomic mass is 16.4. The number of aromatic nitrogens is 1. The van der Waals surface area contributed by atoms with Crippen molar-refractivity contribution >= 4 is 11.9 Å². The molecule has 21 heavy (non-hydrogen) atoms. The molecule has 6 heteroatoms. The lowest BCUT2D eigenvalue weighted by molar-refractivity contribution is 0.0696. The lowest BCUT2D eigenvalue weighted by Gasteiger charge is -2.12. The van der Waals surface area contributed by atoms with Crippen LogP contribution in [0.1, 0.15) is 38.2 Å². The van der Waals surface area contributed by atoms with Crippen LogP contribution in [0.15, 0.2) is 42.5 Å². The van der Waals surface area contributed by atoms with E-state index in [0.29, 0.717) is 5.56 Å². The molecule has 1 aromatic heterocycles. The monoisotopic (exact) mass is 286 g/mol. The van der Waals surface area contributed by atoms with Crippen LogP contribution in [-0.4, -0.2) is 34.1 Å². The minimum Gasteiger partial charge on any atom is -0.478 e. The number of nitrogens with one attached hydrogen (secondary N) is 1. The third kappa shape index (κ3) is 3.24. The van der Waals surface area contributed by atoms with E-state index in [0.717, 1.165) is 0 Å². The van der Waals surface area contributed by atoms with Crippen molar-refractivity contribution in [2.45, 2.75) is 6.10 Å². The molecule has 0 unspecified atom stereocenters. The van der Waals surface area contributed by atoms with E-state index in [-0.39, 0.29) is 17.0 Å². The van der Waals surface area contributed by atoms with Crippen LogP contribution >= 0.6 is 0 Å². The van der Waals surface area contributed by atoms with Crippen molar-refractivity contribution in [3.05, 3.63) is 65.0 Å². The fourth-order valence-corrected chi connectivity index (χ4v) is 1.87. The highest BCUT2D eigenvalue weighted by molar-refractivity contribution is 5.95. The maximum Gasteiger partial charge on any atom is 0.335 e. The molecule has 1 atom stereocenters. The summed E-state index contributed by atoms with van der Waals surface area (Å²) in [6, 6.07) is 11.1. The number of carboxylic acid groups (broad SMARTS) is 1. The molecule has 0 aliphatic heterocycles. The predicted molar refractivity (Wildman–Crippen MR) is 75.1 cm³/mol. The number of aliphatic hydroxyl groups excluding tert-OH is 1. The maximum absolute atomic E-state index is 11.7. The van der Waals surface area contributed by atoms with Gasteiger partial charge in [0, 0.05) is 7.05 Å². The molecule has 1 heterocycles. The van der Waals surface area contributed by atoms with Gasteiger partial charge in [0.25, 0.3) is 5.91 Å². The zero-order valence-electron chi connectivity index (χ0n) is 11.3. The summed E-state index contributed by atoms with van der Waals surface area (Å²) in [6.45, 7) is 0. The van der Waals surface area contributed by atoms with Crippen molar-refractivity contribution in [1.29, 1.82) is 0 Å².